The number of hydrogen-bond donors (Lipinski definition) is 2. The number of halogens is 1. The van der Waals surface area contributed by atoms with Crippen molar-refractivity contribution in [1.29, 1.82) is 0 Å². The molecule has 0 bridgehead atoms. The number of aliphatic imine (C=N–C) groups is 1. The Balaban J connectivity index is 2.15. The highest BCUT2D eigenvalue weighted by Gasteiger charge is 2.53. The van der Waals surface area contributed by atoms with E-state index in [2.05, 4.69) is 19.7 Å². The summed E-state index contributed by atoms with van der Waals surface area (Å²) in [6, 6.07) is 2.56. The summed E-state index contributed by atoms with van der Waals surface area (Å²) in [4.78, 5) is 21.3. The minimum atomic E-state index is -2.88. The van der Waals surface area contributed by atoms with Gasteiger partial charge in [-0.15, -0.1) is 0 Å². The van der Waals surface area contributed by atoms with Crippen LogP contribution in [0, 0.1) is 5.82 Å². The van der Waals surface area contributed by atoms with Crippen LogP contribution >= 0.6 is 0 Å². The van der Waals surface area contributed by atoms with Crippen LogP contribution in [0.3, 0.4) is 0 Å². The molecular formula is C19H28FN5O3S. The van der Waals surface area contributed by atoms with Crippen LogP contribution in [-0.2, 0) is 20.0 Å². The van der Waals surface area contributed by atoms with Crippen LogP contribution in [0.4, 0.5) is 15.0 Å². The predicted octanol–water partition coefficient (Wildman–Crippen LogP) is 2.98. The molecule has 29 heavy (non-hydrogen) atoms. The quantitative estimate of drug-likeness (QED) is 0.717. The maximum absolute atomic E-state index is 14.6. The maximum atomic E-state index is 14.6. The van der Waals surface area contributed by atoms with Crippen LogP contribution in [0.5, 0.6) is 0 Å². The summed E-state index contributed by atoms with van der Waals surface area (Å²) in [5.41, 5.74) is 3.71. The molecule has 8 nitrogen and oxygen atoms in total. The number of carbonyl (C=O) groups excluding carboxylic acids is 1. The van der Waals surface area contributed by atoms with Gasteiger partial charge in [-0.05, 0) is 59.6 Å². The molecule has 1 aromatic rings. The van der Waals surface area contributed by atoms with E-state index in [1.54, 1.807) is 34.6 Å². The van der Waals surface area contributed by atoms with Crippen LogP contribution in [0.1, 0.15) is 53.2 Å². The van der Waals surface area contributed by atoms with E-state index in [1.807, 2.05) is 0 Å². The average molecular weight is 426 g/mol. The Bertz CT molecular complexity index is 996. The minimum Gasteiger partial charge on any atom is -0.444 e. The van der Waals surface area contributed by atoms with Crippen molar-refractivity contribution in [2.24, 2.45) is 9.36 Å². The summed E-state index contributed by atoms with van der Waals surface area (Å²) in [5, 5.41) is 2.67. The molecule has 3 rings (SSSR count). The van der Waals surface area contributed by atoms with Gasteiger partial charge < -0.3 is 10.5 Å². The lowest BCUT2D eigenvalue weighted by Crippen LogP contribution is -2.60. The van der Waals surface area contributed by atoms with E-state index in [-0.39, 0.29) is 23.1 Å². The summed E-state index contributed by atoms with van der Waals surface area (Å²) in [5.74, 6) is -0.311. The highest BCUT2D eigenvalue weighted by molar-refractivity contribution is 7.95. The Morgan fingerprint density at radius 2 is 2.03 bits per heavy atom. The van der Waals surface area contributed by atoms with Crippen LogP contribution in [-0.4, -0.2) is 43.8 Å². The maximum Gasteiger partial charge on any atom is 0.413 e. The van der Waals surface area contributed by atoms with E-state index in [9.17, 15) is 13.4 Å². The Morgan fingerprint density at radius 3 is 2.69 bits per heavy atom. The summed E-state index contributed by atoms with van der Waals surface area (Å²) >= 11 is 0. The number of nitrogen functional groups attached to an aromatic ring is 1. The van der Waals surface area contributed by atoms with E-state index in [0.29, 0.717) is 19.4 Å². The number of nitrogens with zero attached hydrogens (tertiary/aromatic N) is 3. The first-order valence-electron chi connectivity index (χ1n) is 9.51. The predicted molar refractivity (Wildman–Crippen MR) is 111 cm³/mol. The van der Waals surface area contributed by atoms with Crippen molar-refractivity contribution in [3.05, 3.63) is 23.6 Å². The smallest absolute Gasteiger partial charge is 0.413 e. The molecule has 0 aromatic carbocycles. The van der Waals surface area contributed by atoms with E-state index >= 15 is 0 Å². The second kappa shape index (κ2) is 6.93. The van der Waals surface area contributed by atoms with Gasteiger partial charge in [0.05, 0.1) is 15.5 Å². The largest absolute Gasteiger partial charge is 0.444 e. The lowest BCUT2D eigenvalue weighted by Gasteiger charge is -2.44. The molecule has 0 spiro atoms. The van der Waals surface area contributed by atoms with E-state index in [4.69, 9.17) is 10.5 Å². The van der Waals surface area contributed by atoms with Crippen LogP contribution in [0.15, 0.2) is 21.5 Å². The number of amides is 1. The Labute approximate surface area is 170 Å². The third-order valence-corrected chi connectivity index (χ3v) is 8.51. The number of carbonyl (C=O) groups is 1. The fourth-order valence-electron chi connectivity index (χ4n) is 3.70. The summed E-state index contributed by atoms with van der Waals surface area (Å²) in [6.07, 6.45) is 0.534. The van der Waals surface area contributed by atoms with Crippen molar-refractivity contribution in [3.8, 4) is 0 Å². The molecule has 3 atom stereocenters. The van der Waals surface area contributed by atoms with Gasteiger partial charge in [0.25, 0.3) is 0 Å². The molecule has 0 saturated heterocycles. The first-order chi connectivity index (χ1) is 13.3. The zero-order valence-electron chi connectivity index (χ0n) is 17.4. The van der Waals surface area contributed by atoms with Crippen LogP contribution in [0.2, 0.25) is 0 Å². The van der Waals surface area contributed by atoms with E-state index in [1.165, 1.54) is 12.1 Å². The SMILES string of the molecule is CC(C)(C)OC(=O)NC1=N[C@](C)(c2nc(N)ccc2F)C[S@]2(=O)=NCCC[C@@]12C. The summed E-state index contributed by atoms with van der Waals surface area (Å²) in [6.45, 7) is 9.07. The third kappa shape index (κ3) is 3.94. The topological polar surface area (TPSA) is 119 Å². The van der Waals surface area contributed by atoms with Gasteiger partial charge in [-0.25, -0.2) is 22.7 Å². The Morgan fingerprint density at radius 1 is 1.34 bits per heavy atom. The second-order valence-corrected chi connectivity index (χ2v) is 11.6. The molecule has 3 N–H and O–H groups in total. The van der Waals surface area contributed by atoms with Gasteiger partial charge in [0.2, 0.25) is 0 Å². The number of fused-ring (bicyclic) bond motifs is 1. The van der Waals surface area contributed by atoms with Crippen molar-refractivity contribution in [2.45, 2.75) is 63.3 Å². The number of aromatic nitrogens is 1. The number of anilines is 1. The Kier molecular flexibility index (Phi) is 5.13. The summed E-state index contributed by atoms with van der Waals surface area (Å²) < 4.78 is 37.4. The molecule has 2 aliphatic heterocycles. The fraction of sp³-hybridized carbons (Fsp3) is 0.632. The van der Waals surface area contributed by atoms with Gasteiger partial charge in [0.15, 0.2) is 0 Å². The number of nitrogens with one attached hydrogen (secondary N) is 1. The molecule has 0 saturated carbocycles. The highest BCUT2D eigenvalue weighted by atomic mass is 32.2. The molecule has 10 heteroatoms. The van der Waals surface area contributed by atoms with Crippen molar-refractivity contribution in [1.82, 2.24) is 10.3 Å². The van der Waals surface area contributed by atoms with Gasteiger partial charge >= 0.3 is 6.09 Å². The van der Waals surface area contributed by atoms with Crippen LogP contribution < -0.4 is 11.1 Å². The van der Waals surface area contributed by atoms with Crippen molar-refractivity contribution in [3.63, 3.8) is 0 Å². The molecule has 160 valence electrons. The molecule has 0 unspecified atom stereocenters. The first kappa shape index (κ1) is 21.5. The molecule has 0 aliphatic carbocycles. The van der Waals surface area contributed by atoms with Crippen molar-refractivity contribution in [2.75, 3.05) is 18.0 Å². The molecule has 0 fully saturated rings. The van der Waals surface area contributed by atoms with Crippen LogP contribution in [0.25, 0.3) is 0 Å². The lowest BCUT2D eigenvalue weighted by molar-refractivity contribution is 0.0560. The summed E-state index contributed by atoms with van der Waals surface area (Å²) in [7, 11) is -2.88. The first-order valence-corrected chi connectivity index (χ1v) is 11.2. The molecule has 3 heterocycles. The monoisotopic (exact) mass is 425 g/mol. The molecule has 1 amide bonds. The van der Waals surface area contributed by atoms with E-state index < -0.39 is 37.5 Å². The zero-order valence-corrected chi connectivity index (χ0v) is 18.2. The number of ether oxygens (including phenoxy) is 1. The average Bonchev–Trinajstić information content (AvgIpc) is 2.56. The molecule has 2 aliphatic rings. The number of alkyl carbamates (subject to hydrolysis) is 1. The van der Waals surface area contributed by atoms with E-state index in [0.717, 1.165) is 0 Å². The Hall–Kier alpha value is -2.23. The number of nitrogens with two attached hydrogens (primary N) is 1. The van der Waals surface area contributed by atoms with Gasteiger partial charge in [-0.2, -0.15) is 0 Å². The minimum absolute atomic E-state index is 0.0105. The normalized spacial score (nSPS) is 31.9. The number of rotatable bonds is 1. The van der Waals surface area contributed by atoms with Crippen molar-refractivity contribution >= 4 is 27.5 Å². The van der Waals surface area contributed by atoms with Gasteiger partial charge in [-0.1, -0.05) is 0 Å². The standard InChI is InChI=1S/C19H28FN5O3S/c1-17(2,3)28-16(26)24-15-19(5)9-6-10-22-29(19,27)11-18(4,25-15)14-12(20)7-8-13(21)23-14/h7-8H,6,9-11H2,1-5H3,(H2,21,23)(H,24,25,26)/t18-,19-,29+/m0/s1. The van der Waals surface area contributed by atoms with Gasteiger partial charge in [-0.3, -0.25) is 10.3 Å². The molecule has 1 aromatic heterocycles. The van der Waals surface area contributed by atoms with Crippen molar-refractivity contribution < 1.29 is 18.1 Å². The zero-order chi connectivity index (χ0) is 21.7. The molecule has 0 radical (unpaired) electrons. The van der Waals surface area contributed by atoms with Gasteiger partial charge in [0, 0.05) is 6.54 Å². The fourth-order valence-corrected chi connectivity index (χ4v) is 6.64. The number of hydrogen-bond acceptors (Lipinski definition) is 7. The number of pyridine rings is 1. The highest BCUT2D eigenvalue weighted by Crippen LogP contribution is 2.42. The third-order valence-electron chi connectivity index (χ3n) is 5.15. The lowest BCUT2D eigenvalue weighted by atomic mass is 9.96. The second-order valence-electron chi connectivity index (χ2n) is 8.90. The molecular weight excluding hydrogens is 397 g/mol. The number of amidine groups is 1. The van der Waals surface area contributed by atoms with Gasteiger partial charge in [0.1, 0.15) is 39.1 Å².